The number of nitrogens with one attached hydrogen (secondary N) is 2. The average molecular weight is 261 g/mol. The molecule has 1 aliphatic heterocycles. The van der Waals surface area contributed by atoms with Crippen molar-refractivity contribution in [3.8, 4) is 0 Å². The first-order chi connectivity index (χ1) is 9.18. The van der Waals surface area contributed by atoms with Gasteiger partial charge in [0.15, 0.2) is 0 Å². The Kier molecular flexibility index (Phi) is 4.53. The van der Waals surface area contributed by atoms with E-state index < -0.39 is 0 Å². The van der Waals surface area contributed by atoms with Crippen LogP contribution in [0.15, 0.2) is 24.4 Å². The van der Waals surface area contributed by atoms with Crippen molar-refractivity contribution in [2.45, 2.75) is 39.2 Å². The fourth-order valence-electron chi connectivity index (χ4n) is 2.70. The lowest BCUT2D eigenvalue weighted by atomic mass is 9.75. The predicted molar refractivity (Wildman–Crippen MR) is 75.6 cm³/mol. The summed E-state index contributed by atoms with van der Waals surface area (Å²) in [6.45, 7) is 5.96. The Morgan fingerprint density at radius 3 is 2.79 bits per heavy atom. The van der Waals surface area contributed by atoms with Crippen LogP contribution in [0.1, 0.15) is 44.8 Å². The molecule has 1 aromatic rings. The standard InChI is InChI=1S/C15H23N3O/c1-3-15(7-10-16-11-8-15)14(19)18-12(2)13-6-4-5-9-17-13/h4-6,9,12,16H,3,7-8,10-11H2,1-2H3,(H,18,19)/t12-/m1/s1. The fourth-order valence-corrected chi connectivity index (χ4v) is 2.70. The van der Waals surface area contributed by atoms with Gasteiger partial charge < -0.3 is 10.6 Å². The lowest BCUT2D eigenvalue weighted by molar-refractivity contribution is -0.133. The maximum atomic E-state index is 12.6. The smallest absolute Gasteiger partial charge is 0.226 e. The monoisotopic (exact) mass is 261 g/mol. The fraction of sp³-hybridized carbons (Fsp3) is 0.600. The van der Waals surface area contributed by atoms with E-state index in [-0.39, 0.29) is 17.4 Å². The zero-order valence-electron chi connectivity index (χ0n) is 11.8. The number of piperidine rings is 1. The van der Waals surface area contributed by atoms with E-state index in [0.717, 1.165) is 38.0 Å². The Morgan fingerprint density at radius 2 is 2.21 bits per heavy atom. The third kappa shape index (κ3) is 3.13. The Bertz CT molecular complexity index is 413. The Morgan fingerprint density at radius 1 is 1.47 bits per heavy atom. The molecule has 2 rings (SSSR count). The highest BCUT2D eigenvalue weighted by molar-refractivity contribution is 5.83. The third-order valence-electron chi connectivity index (χ3n) is 4.20. The van der Waals surface area contributed by atoms with Crippen molar-refractivity contribution in [2.24, 2.45) is 5.41 Å². The van der Waals surface area contributed by atoms with Gasteiger partial charge in [-0.15, -0.1) is 0 Å². The van der Waals surface area contributed by atoms with Gasteiger partial charge in [0.05, 0.1) is 17.2 Å². The van der Waals surface area contributed by atoms with Crippen molar-refractivity contribution in [2.75, 3.05) is 13.1 Å². The quantitative estimate of drug-likeness (QED) is 0.872. The number of amides is 1. The highest BCUT2D eigenvalue weighted by atomic mass is 16.2. The number of aromatic nitrogens is 1. The average Bonchev–Trinajstić information content (AvgIpc) is 2.48. The molecule has 2 N–H and O–H groups in total. The van der Waals surface area contributed by atoms with Gasteiger partial charge >= 0.3 is 0 Å². The Labute approximate surface area is 115 Å². The van der Waals surface area contributed by atoms with Crippen molar-refractivity contribution in [1.82, 2.24) is 15.6 Å². The summed E-state index contributed by atoms with van der Waals surface area (Å²) in [5.74, 6) is 0.176. The molecule has 0 spiro atoms. The van der Waals surface area contributed by atoms with Crippen LogP contribution >= 0.6 is 0 Å². The van der Waals surface area contributed by atoms with Crippen LogP contribution in [0.4, 0.5) is 0 Å². The first-order valence-electron chi connectivity index (χ1n) is 7.10. The first kappa shape index (κ1) is 14.0. The molecule has 0 unspecified atom stereocenters. The van der Waals surface area contributed by atoms with E-state index in [9.17, 15) is 4.79 Å². The molecule has 19 heavy (non-hydrogen) atoms. The van der Waals surface area contributed by atoms with Crippen LogP contribution < -0.4 is 10.6 Å². The highest BCUT2D eigenvalue weighted by Crippen LogP contribution is 2.33. The second-order valence-electron chi connectivity index (χ2n) is 5.33. The summed E-state index contributed by atoms with van der Waals surface area (Å²) >= 11 is 0. The molecule has 1 amide bonds. The zero-order valence-corrected chi connectivity index (χ0v) is 11.8. The molecule has 4 heteroatoms. The number of hydrogen-bond donors (Lipinski definition) is 2. The molecule has 0 saturated carbocycles. The molecule has 1 atom stereocenters. The van der Waals surface area contributed by atoms with Crippen LogP contribution in [0.25, 0.3) is 0 Å². The normalized spacial score (nSPS) is 19.7. The minimum Gasteiger partial charge on any atom is -0.348 e. The van der Waals surface area contributed by atoms with E-state index in [1.807, 2.05) is 25.1 Å². The predicted octanol–water partition coefficient (Wildman–Crippen LogP) is 2.04. The summed E-state index contributed by atoms with van der Waals surface area (Å²) < 4.78 is 0. The van der Waals surface area contributed by atoms with Crippen LogP contribution in [0.5, 0.6) is 0 Å². The summed E-state index contributed by atoms with van der Waals surface area (Å²) in [4.78, 5) is 16.9. The topological polar surface area (TPSA) is 54.0 Å². The summed E-state index contributed by atoms with van der Waals surface area (Å²) in [7, 11) is 0. The van der Waals surface area contributed by atoms with E-state index in [4.69, 9.17) is 0 Å². The number of carbonyl (C=O) groups excluding carboxylic acids is 1. The summed E-state index contributed by atoms with van der Waals surface area (Å²) in [6.07, 6.45) is 4.50. The second-order valence-corrected chi connectivity index (χ2v) is 5.33. The van der Waals surface area contributed by atoms with E-state index in [1.165, 1.54) is 0 Å². The van der Waals surface area contributed by atoms with Gasteiger partial charge in [-0.3, -0.25) is 9.78 Å². The summed E-state index contributed by atoms with van der Waals surface area (Å²) in [5.41, 5.74) is 0.713. The minimum absolute atomic E-state index is 0.0352. The van der Waals surface area contributed by atoms with Crippen LogP contribution in [-0.2, 0) is 4.79 Å². The van der Waals surface area contributed by atoms with Crippen molar-refractivity contribution in [1.29, 1.82) is 0 Å². The molecule has 1 saturated heterocycles. The lowest BCUT2D eigenvalue weighted by Gasteiger charge is -2.36. The van der Waals surface area contributed by atoms with Crippen molar-refractivity contribution in [3.63, 3.8) is 0 Å². The van der Waals surface area contributed by atoms with Crippen LogP contribution in [-0.4, -0.2) is 24.0 Å². The number of hydrogen-bond acceptors (Lipinski definition) is 3. The van der Waals surface area contributed by atoms with Gasteiger partial charge in [-0.1, -0.05) is 13.0 Å². The molecule has 4 nitrogen and oxygen atoms in total. The molecule has 1 aromatic heterocycles. The second kappa shape index (κ2) is 6.15. The van der Waals surface area contributed by atoms with Gasteiger partial charge in [0.25, 0.3) is 0 Å². The van der Waals surface area contributed by atoms with Gasteiger partial charge in [0.1, 0.15) is 0 Å². The third-order valence-corrected chi connectivity index (χ3v) is 4.20. The molecule has 0 radical (unpaired) electrons. The molecular formula is C15H23N3O. The molecule has 1 fully saturated rings. The lowest BCUT2D eigenvalue weighted by Crippen LogP contribution is -2.47. The molecule has 1 aliphatic rings. The number of nitrogens with zero attached hydrogens (tertiary/aromatic N) is 1. The SMILES string of the molecule is CCC1(C(=O)N[C@H](C)c2ccccn2)CCNCC1. The molecule has 2 heterocycles. The first-order valence-corrected chi connectivity index (χ1v) is 7.10. The molecular weight excluding hydrogens is 238 g/mol. The maximum absolute atomic E-state index is 12.6. The van der Waals surface area contributed by atoms with Crippen LogP contribution in [0.3, 0.4) is 0 Å². The van der Waals surface area contributed by atoms with Crippen LogP contribution in [0.2, 0.25) is 0 Å². The van der Waals surface area contributed by atoms with Crippen molar-refractivity contribution >= 4 is 5.91 Å². The molecule has 0 bridgehead atoms. The van der Waals surface area contributed by atoms with Gasteiger partial charge in [-0.2, -0.15) is 0 Å². The summed E-state index contributed by atoms with van der Waals surface area (Å²) in [5, 5.41) is 6.45. The van der Waals surface area contributed by atoms with E-state index in [0.29, 0.717) is 0 Å². The number of rotatable bonds is 4. The Balaban J connectivity index is 2.03. The zero-order chi connectivity index (χ0) is 13.7. The van der Waals surface area contributed by atoms with E-state index >= 15 is 0 Å². The largest absolute Gasteiger partial charge is 0.348 e. The molecule has 0 aliphatic carbocycles. The minimum atomic E-state index is -0.200. The van der Waals surface area contributed by atoms with Crippen molar-refractivity contribution < 1.29 is 4.79 Å². The highest BCUT2D eigenvalue weighted by Gasteiger charge is 2.38. The van der Waals surface area contributed by atoms with Crippen molar-refractivity contribution in [3.05, 3.63) is 30.1 Å². The van der Waals surface area contributed by atoms with Gasteiger partial charge in [-0.25, -0.2) is 0 Å². The van der Waals surface area contributed by atoms with E-state index in [2.05, 4.69) is 22.5 Å². The maximum Gasteiger partial charge on any atom is 0.226 e. The summed E-state index contributed by atoms with van der Waals surface area (Å²) in [6, 6.07) is 5.75. The van der Waals surface area contributed by atoms with Crippen LogP contribution in [0, 0.1) is 5.41 Å². The molecule has 104 valence electrons. The van der Waals surface area contributed by atoms with Gasteiger partial charge in [-0.05, 0) is 51.4 Å². The molecule has 0 aromatic carbocycles. The number of pyridine rings is 1. The van der Waals surface area contributed by atoms with Gasteiger partial charge in [0.2, 0.25) is 5.91 Å². The number of carbonyl (C=O) groups is 1. The van der Waals surface area contributed by atoms with E-state index in [1.54, 1.807) is 6.20 Å². The Hall–Kier alpha value is -1.42. The van der Waals surface area contributed by atoms with Gasteiger partial charge in [0, 0.05) is 6.20 Å².